The van der Waals surface area contributed by atoms with E-state index in [9.17, 15) is 14.4 Å². The highest BCUT2D eigenvalue weighted by Gasteiger charge is 2.19. The normalized spacial score (nSPS) is 13.6. The van der Waals surface area contributed by atoms with E-state index in [1.54, 1.807) is 0 Å². The van der Waals surface area contributed by atoms with Gasteiger partial charge in [-0.3, -0.25) is 14.4 Å². The lowest BCUT2D eigenvalue weighted by Crippen LogP contribution is -2.30. The third kappa shape index (κ3) is 60.7. The Labute approximate surface area is 470 Å². The molecular formula is C71H104O6. The molecule has 424 valence electrons. The predicted molar refractivity (Wildman–Crippen MR) is 333 cm³/mol. The number of hydrogen-bond acceptors (Lipinski definition) is 6. The average Bonchev–Trinajstić information content (AvgIpc) is 3.43. The van der Waals surface area contributed by atoms with Gasteiger partial charge < -0.3 is 14.2 Å². The quantitative estimate of drug-likeness (QED) is 0.0261. The molecule has 0 aliphatic heterocycles. The van der Waals surface area contributed by atoms with Crippen LogP contribution in [-0.2, 0) is 28.6 Å². The van der Waals surface area contributed by atoms with Gasteiger partial charge in [0.25, 0.3) is 0 Å². The fourth-order valence-corrected chi connectivity index (χ4v) is 6.99. The van der Waals surface area contributed by atoms with E-state index in [0.29, 0.717) is 19.3 Å². The van der Waals surface area contributed by atoms with Gasteiger partial charge in [0.2, 0.25) is 0 Å². The van der Waals surface area contributed by atoms with Gasteiger partial charge in [0, 0.05) is 19.3 Å². The topological polar surface area (TPSA) is 78.9 Å². The van der Waals surface area contributed by atoms with Crippen LogP contribution in [0.3, 0.4) is 0 Å². The van der Waals surface area contributed by atoms with Crippen LogP contribution in [0.5, 0.6) is 0 Å². The minimum atomic E-state index is -0.866. The Kier molecular flexibility index (Phi) is 57.6. The molecule has 0 aromatic carbocycles. The van der Waals surface area contributed by atoms with Gasteiger partial charge in [-0.15, -0.1) is 0 Å². The van der Waals surface area contributed by atoms with Crippen LogP contribution in [0.4, 0.5) is 0 Å². The molecule has 0 aliphatic carbocycles. The van der Waals surface area contributed by atoms with Crippen LogP contribution in [0.1, 0.15) is 201 Å². The zero-order valence-corrected chi connectivity index (χ0v) is 48.4. The minimum absolute atomic E-state index is 0.151. The van der Waals surface area contributed by atoms with Crippen molar-refractivity contribution in [3.63, 3.8) is 0 Å². The summed E-state index contributed by atoms with van der Waals surface area (Å²) in [6.45, 7) is 6.11. The van der Waals surface area contributed by atoms with Crippen LogP contribution in [0, 0.1) is 0 Å². The van der Waals surface area contributed by atoms with Gasteiger partial charge >= 0.3 is 17.9 Å². The molecule has 77 heavy (non-hydrogen) atoms. The average molecular weight is 1050 g/mol. The number of unbranched alkanes of at least 4 members (excludes halogenated alkanes) is 5. The summed E-state index contributed by atoms with van der Waals surface area (Å²) in [6.07, 6.45) is 97.2. The molecule has 0 spiro atoms. The second-order valence-electron chi connectivity index (χ2n) is 18.4. The molecule has 6 nitrogen and oxygen atoms in total. The summed E-state index contributed by atoms with van der Waals surface area (Å²) in [5.41, 5.74) is 0. The van der Waals surface area contributed by atoms with E-state index in [-0.39, 0.29) is 38.0 Å². The minimum Gasteiger partial charge on any atom is -0.462 e. The first kappa shape index (κ1) is 71.0. The maximum absolute atomic E-state index is 12.8. The molecule has 0 bridgehead atoms. The lowest BCUT2D eigenvalue weighted by atomic mass is 10.1. The Balaban J connectivity index is 4.42. The monoisotopic (exact) mass is 1050 g/mol. The number of carbonyl (C=O) groups is 3. The van der Waals surface area contributed by atoms with Crippen molar-refractivity contribution in [2.75, 3.05) is 13.2 Å². The van der Waals surface area contributed by atoms with E-state index in [0.717, 1.165) is 148 Å². The van der Waals surface area contributed by atoms with Crippen LogP contribution in [0.25, 0.3) is 0 Å². The van der Waals surface area contributed by atoms with Gasteiger partial charge in [0.05, 0.1) is 0 Å². The van der Waals surface area contributed by atoms with Gasteiger partial charge in [0.1, 0.15) is 13.2 Å². The molecule has 0 aromatic heterocycles. The van der Waals surface area contributed by atoms with Crippen molar-refractivity contribution in [1.82, 2.24) is 0 Å². The zero-order chi connectivity index (χ0) is 55.7. The van der Waals surface area contributed by atoms with Crippen molar-refractivity contribution in [2.24, 2.45) is 0 Å². The van der Waals surface area contributed by atoms with Crippen LogP contribution in [-0.4, -0.2) is 37.2 Å². The highest BCUT2D eigenvalue weighted by molar-refractivity contribution is 5.71. The molecule has 0 saturated carbocycles. The summed E-state index contributed by atoms with van der Waals surface area (Å²) in [5, 5.41) is 0. The maximum atomic E-state index is 12.8. The fraction of sp³-hybridized carbons (Fsp3) is 0.479. The molecule has 0 fully saturated rings. The van der Waals surface area contributed by atoms with Crippen molar-refractivity contribution in [1.29, 1.82) is 0 Å². The summed E-state index contributed by atoms with van der Waals surface area (Å²) in [7, 11) is 0. The second-order valence-corrected chi connectivity index (χ2v) is 18.4. The Morgan fingerprint density at radius 2 is 0.494 bits per heavy atom. The molecular weight excluding hydrogens is 949 g/mol. The number of allylic oxidation sites excluding steroid dienone is 34. The van der Waals surface area contributed by atoms with Crippen molar-refractivity contribution in [3.05, 3.63) is 207 Å². The summed E-state index contributed by atoms with van der Waals surface area (Å²) in [6, 6.07) is 0. The van der Waals surface area contributed by atoms with E-state index in [1.807, 2.05) is 24.3 Å². The molecule has 0 radical (unpaired) electrons. The van der Waals surface area contributed by atoms with Gasteiger partial charge in [-0.25, -0.2) is 0 Å². The molecule has 1 unspecified atom stereocenters. The Morgan fingerprint density at radius 1 is 0.260 bits per heavy atom. The highest BCUT2D eigenvalue weighted by atomic mass is 16.6. The molecule has 0 heterocycles. The maximum Gasteiger partial charge on any atom is 0.306 e. The zero-order valence-electron chi connectivity index (χ0n) is 48.4. The van der Waals surface area contributed by atoms with E-state index in [4.69, 9.17) is 14.2 Å². The third-order valence-corrected chi connectivity index (χ3v) is 11.3. The molecule has 0 aliphatic rings. The first-order chi connectivity index (χ1) is 38.0. The second kappa shape index (κ2) is 62.5. The lowest BCUT2D eigenvalue weighted by Gasteiger charge is -2.18. The van der Waals surface area contributed by atoms with Crippen LogP contribution in [0.2, 0.25) is 0 Å². The first-order valence-corrected chi connectivity index (χ1v) is 29.6. The van der Waals surface area contributed by atoms with Gasteiger partial charge in [-0.2, -0.15) is 0 Å². The molecule has 6 heteroatoms. The van der Waals surface area contributed by atoms with Crippen LogP contribution >= 0.6 is 0 Å². The largest absolute Gasteiger partial charge is 0.462 e. The Bertz CT molecular complexity index is 1930. The van der Waals surface area contributed by atoms with E-state index >= 15 is 0 Å². The number of hydrogen-bond donors (Lipinski definition) is 0. The molecule has 0 N–H and O–H groups in total. The Morgan fingerprint density at radius 3 is 0.805 bits per heavy atom. The van der Waals surface area contributed by atoms with Crippen LogP contribution < -0.4 is 0 Å². The number of ether oxygens (including phenoxy) is 3. The summed E-state index contributed by atoms with van der Waals surface area (Å²) in [4.78, 5) is 38.0. The van der Waals surface area contributed by atoms with Gasteiger partial charge in [-0.05, 0) is 141 Å². The lowest BCUT2D eigenvalue weighted by molar-refractivity contribution is -0.166. The first-order valence-electron chi connectivity index (χ1n) is 29.6. The fourth-order valence-electron chi connectivity index (χ4n) is 6.99. The SMILES string of the molecule is CC/C=C\C/C=C\C/C=C\C/C=C\C/C=C\C/C=C\C/C=C\C/C=C\C/C=C\CCCCCCCC(=O)OCC(COC(=O)CC/C=C\C/C=C\C/C=C\C/C=C\CC)OC(=O)CC/C=C\C/C=C\C/C=C\C/C=C\CC. The van der Waals surface area contributed by atoms with Crippen molar-refractivity contribution in [3.8, 4) is 0 Å². The molecule has 1 atom stereocenters. The number of carbonyl (C=O) groups excluding carboxylic acids is 3. The van der Waals surface area contributed by atoms with Gasteiger partial charge in [-0.1, -0.05) is 247 Å². The van der Waals surface area contributed by atoms with E-state index in [2.05, 4.69) is 203 Å². The molecule has 0 aromatic rings. The van der Waals surface area contributed by atoms with Crippen molar-refractivity contribution in [2.45, 2.75) is 207 Å². The standard InChI is InChI=1S/C71H104O6/c1-4-7-10-13-16-19-22-25-26-27-28-29-30-31-32-33-34-35-36-37-38-39-40-41-42-43-44-47-49-52-55-58-61-64-70(73)76-67-68(77-71(74)65-62-59-56-53-50-46-24-21-18-15-12-9-6-3)66-75-69(72)63-60-57-54-51-48-45-23-20-17-14-11-8-5-2/h7-12,16-21,25-26,28-29,31-32,34-35,37-38,40-41,43-46,48,50,54,56-57,59,68H,4-6,13-15,22-24,27,30,33,36,39,42,47,49,51-53,55,58,60-67H2,1-3H3/b10-7-,11-8-,12-9-,19-16-,20-17-,21-18-,26-25-,29-28-,32-31-,35-34-,38-37-,41-40-,44-43-,48-45-,50-46-,57-54-,59-56-. The molecule has 0 saturated heterocycles. The van der Waals surface area contributed by atoms with E-state index in [1.165, 1.54) is 0 Å². The number of rotatable bonds is 50. The third-order valence-electron chi connectivity index (χ3n) is 11.3. The van der Waals surface area contributed by atoms with Crippen molar-refractivity contribution >= 4 is 17.9 Å². The highest BCUT2D eigenvalue weighted by Crippen LogP contribution is 2.11. The van der Waals surface area contributed by atoms with E-state index < -0.39 is 12.1 Å². The Hall–Kier alpha value is -6.01. The number of esters is 3. The van der Waals surface area contributed by atoms with Gasteiger partial charge in [0.15, 0.2) is 6.10 Å². The summed E-state index contributed by atoms with van der Waals surface area (Å²) in [5.74, 6) is -1.15. The van der Waals surface area contributed by atoms with Crippen LogP contribution in [0.15, 0.2) is 207 Å². The molecule has 0 amide bonds. The summed E-state index contributed by atoms with van der Waals surface area (Å²) >= 11 is 0. The smallest absolute Gasteiger partial charge is 0.306 e. The predicted octanol–water partition coefficient (Wildman–Crippen LogP) is 20.4. The van der Waals surface area contributed by atoms with Crippen molar-refractivity contribution < 1.29 is 28.6 Å². The molecule has 0 rings (SSSR count). The summed E-state index contributed by atoms with van der Waals surface area (Å²) < 4.78 is 16.7.